The molecule has 0 radical (unpaired) electrons. The molecule has 0 amide bonds. The Kier molecular flexibility index (Phi) is 7.88. The molecule has 0 spiro atoms. The van der Waals surface area contributed by atoms with E-state index in [9.17, 15) is 0 Å². The molecule has 0 heterocycles. The Hall–Kier alpha value is -0.130. The van der Waals surface area contributed by atoms with Crippen LogP contribution in [-0.4, -0.2) is 23.2 Å². The summed E-state index contributed by atoms with van der Waals surface area (Å²) in [7, 11) is 0. The minimum absolute atomic E-state index is 0.298. The highest BCUT2D eigenvalue weighted by Crippen LogP contribution is 2.08. The van der Waals surface area contributed by atoms with Gasteiger partial charge in [0.15, 0.2) is 0 Å². The van der Waals surface area contributed by atoms with E-state index in [1.165, 1.54) is 0 Å². The van der Waals surface area contributed by atoms with Crippen LogP contribution in [-0.2, 0) is 0 Å². The van der Waals surface area contributed by atoms with E-state index in [2.05, 4.69) is 18.8 Å². The van der Waals surface area contributed by atoms with Crippen LogP contribution in [0.1, 0.15) is 20.3 Å². The smallest absolute Gasteiger partial charge is 0.0464 e. The number of thioether (sulfide) groups is 1. The first-order valence-corrected chi connectivity index (χ1v) is 5.05. The second-order valence-corrected chi connectivity index (χ2v) is 3.69. The molecular weight excluding hydrogens is 156 g/mol. The molecule has 0 saturated carbocycles. The first-order valence-electron chi connectivity index (χ1n) is 3.89. The van der Waals surface area contributed by atoms with Gasteiger partial charge in [-0.15, -0.1) is 11.8 Å². The zero-order valence-electron chi connectivity index (χ0n) is 7.26. The number of aliphatic hydroxyl groups is 1. The maximum atomic E-state index is 8.70. The van der Waals surface area contributed by atoms with Crippen molar-refractivity contribution in [3.05, 3.63) is 0 Å². The van der Waals surface area contributed by atoms with Crippen molar-refractivity contribution in [2.45, 2.75) is 20.3 Å². The van der Waals surface area contributed by atoms with Crippen molar-refractivity contribution in [2.24, 2.45) is 5.92 Å². The maximum absolute atomic E-state index is 8.70. The van der Waals surface area contributed by atoms with Gasteiger partial charge in [-0.2, -0.15) is 11.8 Å². The van der Waals surface area contributed by atoms with Gasteiger partial charge in [0.05, 0.1) is 0 Å². The Morgan fingerprint density at radius 3 is 2.82 bits per heavy atom. The van der Waals surface area contributed by atoms with Crippen LogP contribution in [0, 0.1) is 17.8 Å². The van der Waals surface area contributed by atoms with Crippen molar-refractivity contribution in [1.82, 2.24) is 0 Å². The predicted octanol–water partition coefficient (Wildman–Crippen LogP) is 1.76. The van der Waals surface area contributed by atoms with Crippen LogP contribution >= 0.6 is 11.8 Å². The van der Waals surface area contributed by atoms with Gasteiger partial charge in [0, 0.05) is 18.8 Å². The zero-order valence-corrected chi connectivity index (χ0v) is 8.08. The molecule has 0 aromatic rings. The SMILES string of the molecule is CC#CCCSCC(C)CO. The minimum atomic E-state index is 0.298. The van der Waals surface area contributed by atoms with Crippen LogP contribution in [0.5, 0.6) is 0 Å². The summed E-state index contributed by atoms with van der Waals surface area (Å²) in [6.07, 6.45) is 0.972. The highest BCUT2D eigenvalue weighted by molar-refractivity contribution is 7.99. The fourth-order valence-electron chi connectivity index (χ4n) is 0.585. The van der Waals surface area contributed by atoms with Gasteiger partial charge in [-0.3, -0.25) is 0 Å². The van der Waals surface area contributed by atoms with Gasteiger partial charge in [-0.1, -0.05) is 6.92 Å². The largest absolute Gasteiger partial charge is 0.396 e. The fraction of sp³-hybridized carbons (Fsp3) is 0.778. The van der Waals surface area contributed by atoms with Crippen molar-refractivity contribution in [1.29, 1.82) is 0 Å². The van der Waals surface area contributed by atoms with Crippen LogP contribution in [0.4, 0.5) is 0 Å². The number of hydrogen-bond acceptors (Lipinski definition) is 2. The van der Waals surface area contributed by atoms with Gasteiger partial charge >= 0.3 is 0 Å². The summed E-state index contributed by atoms with van der Waals surface area (Å²) in [5.74, 6) is 8.42. The molecule has 64 valence electrons. The molecule has 0 aliphatic rings. The van der Waals surface area contributed by atoms with Crippen molar-refractivity contribution < 1.29 is 5.11 Å². The van der Waals surface area contributed by atoms with E-state index in [4.69, 9.17) is 5.11 Å². The monoisotopic (exact) mass is 172 g/mol. The Bertz CT molecular complexity index is 134. The van der Waals surface area contributed by atoms with Crippen LogP contribution < -0.4 is 0 Å². The summed E-state index contributed by atoms with van der Waals surface area (Å²) in [4.78, 5) is 0. The lowest BCUT2D eigenvalue weighted by Gasteiger charge is -2.04. The lowest BCUT2D eigenvalue weighted by molar-refractivity contribution is 0.250. The first kappa shape index (κ1) is 10.9. The number of rotatable bonds is 5. The van der Waals surface area contributed by atoms with Crippen molar-refractivity contribution >= 4 is 11.8 Å². The van der Waals surface area contributed by atoms with Gasteiger partial charge in [0.25, 0.3) is 0 Å². The lowest BCUT2D eigenvalue weighted by atomic mass is 10.2. The number of hydrogen-bond donors (Lipinski definition) is 1. The molecule has 0 fully saturated rings. The molecule has 0 aromatic carbocycles. The normalized spacial score (nSPS) is 11.9. The fourth-order valence-corrected chi connectivity index (χ4v) is 1.51. The summed E-state index contributed by atoms with van der Waals surface area (Å²) < 4.78 is 0. The minimum Gasteiger partial charge on any atom is -0.396 e. The van der Waals surface area contributed by atoms with Crippen LogP contribution in [0.25, 0.3) is 0 Å². The van der Waals surface area contributed by atoms with E-state index in [-0.39, 0.29) is 0 Å². The van der Waals surface area contributed by atoms with E-state index in [1.54, 1.807) is 0 Å². The molecule has 0 saturated heterocycles. The van der Waals surface area contributed by atoms with E-state index in [0.29, 0.717) is 12.5 Å². The number of aliphatic hydroxyl groups excluding tert-OH is 1. The van der Waals surface area contributed by atoms with Crippen molar-refractivity contribution in [3.63, 3.8) is 0 Å². The summed E-state index contributed by atoms with van der Waals surface area (Å²) in [6, 6.07) is 0. The van der Waals surface area contributed by atoms with Gasteiger partial charge in [0.2, 0.25) is 0 Å². The van der Waals surface area contributed by atoms with Crippen LogP contribution in [0.3, 0.4) is 0 Å². The molecule has 0 rings (SSSR count). The summed E-state index contributed by atoms with van der Waals surface area (Å²) >= 11 is 1.86. The topological polar surface area (TPSA) is 20.2 Å². The molecular formula is C9H16OS. The highest BCUT2D eigenvalue weighted by Gasteiger charge is 1.97. The third kappa shape index (κ3) is 7.77. The first-order chi connectivity index (χ1) is 5.31. The van der Waals surface area contributed by atoms with E-state index < -0.39 is 0 Å². The van der Waals surface area contributed by atoms with Gasteiger partial charge in [-0.25, -0.2) is 0 Å². The lowest BCUT2D eigenvalue weighted by Crippen LogP contribution is -2.03. The van der Waals surface area contributed by atoms with Gasteiger partial charge in [0.1, 0.15) is 0 Å². The van der Waals surface area contributed by atoms with E-state index in [1.807, 2.05) is 18.7 Å². The molecule has 1 atom stereocenters. The third-order valence-corrected chi connectivity index (χ3v) is 2.56. The van der Waals surface area contributed by atoms with E-state index >= 15 is 0 Å². The van der Waals surface area contributed by atoms with E-state index in [0.717, 1.165) is 17.9 Å². The summed E-state index contributed by atoms with van der Waals surface area (Å²) in [5.41, 5.74) is 0. The average Bonchev–Trinajstić information content (AvgIpc) is 2.04. The quantitative estimate of drug-likeness (QED) is 0.504. The van der Waals surface area contributed by atoms with Gasteiger partial charge in [-0.05, 0) is 18.6 Å². The Balaban J connectivity index is 3.05. The van der Waals surface area contributed by atoms with Gasteiger partial charge < -0.3 is 5.11 Å². The predicted molar refractivity (Wildman–Crippen MR) is 51.6 cm³/mol. The molecule has 1 nitrogen and oxygen atoms in total. The average molecular weight is 172 g/mol. The maximum Gasteiger partial charge on any atom is 0.0464 e. The molecule has 0 bridgehead atoms. The highest BCUT2D eigenvalue weighted by atomic mass is 32.2. The molecule has 2 heteroatoms. The second-order valence-electron chi connectivity index (χ2n) is 2.54. The third-order valence-electron chi connectivity index (χ3n) is 1.26. The Labute approximate surface area is 73.6 Å². The standard InChI is InChI=1S/C9H16OS/c1-3-4-5-6-11-8-9(2)7-10/h9-10H,5-8H2,1-2H3. The second kappa shape index (κ2) is 7.97. The summed E-state index contributed by atoms with van der Waals surface area (Å²) in [6.45, 7) is 4.21. The molecule has 1 N–H and O–H groups in total. The molecule has 0 aliphatic carbocycles. The molecule has 0 aliphatic heterocycles. The van der Waals surface area contributed by atoms with Crippen LogP contribution in [0.2, 0.25) is 0 Å². The zero-order chi connectivity index (χ0) is 8.53. The molecule has 0 aromatic heterocycles. The molecule has 11 heavy (non-hydrogen) atoms. The Morgan fingerprint density at radius 1 is 1.55 bits per heavy atom. The van der Waals surface area contributed by atoms with Crippen molar-refractivity contribution in [2.75, 3.05) is 18.1 Å². The van der Waals surface area contributed by atoms with Crippen LogP contribution in [0.15, 0.2) is 0 Å². The summed E-state index contributed by atoms with van der Waals surface area (Å²) in [5, 5.41) is 8.70. The van der Waals surface area contributed by atoms with Crippen molar-refractivity contribution in [3.8, 4) is 11.8 Å². The Morgan fingerprint density at radius 2 is 2.27 bits per heavy atom. The molecule has 1 unspecified atom stereocenters.